The van der Waals surface area contributed by atoms with Crippen LogP contribution >= 0.6 is 11.6 Å². The minimum Gasteiger partial charge on any atom is -0.350 e. The third kappa shape index (κ3) is 4.91. The van der Waals surface area contributed by atoms with Gasteiger partial charge < -0.3 is 10.2 Å². The molecule has 0 aromatic heterocycles. The number of amides is 1. The molecule has 1 atom stereocenters. The van der Waals surface area contributed by atoms with Crippen LogP contribution in [0.25, 0.3) is 0 Å². The van der Waals surface area contributed by atoms with Crippen LogP contribution in [0.2, 0.25) is 5.02 Å². The Hall–Kier alpha value is -1.93. The minimum atomic E-state index is -3.62. The van der Waals surface area contributed by atoms with Crippen LogP contribution < -0.4 is 5.32 Å². The first-order valence-electron chi connectivity index (χ1n) is 8.78. The summed E-state index contributed by atoms with van der Waals surface area (Å²) < 4.78 is 25.9. The van der Waals surface area contributed by atoms with Crippen LogP contribution in [0.1, 0.15) is 27.5 Å². The van der Waals surface area contributed by atoms with Crippen molar-refractivity contribution in [3.63, 3.8) is 0 Å². The van der Waals surface area contributed by atoms with E-state index in [0.717, 1.165) is 9.87 Å². The second kappa shape index (κ2) is 9.05. The van der Waals surface area contributed by atoms with E-state index in [0.29, 0.717) is 22.7 Å². The molecule has 152 valence electrons. The van der Waals surface area contributed by atoms with Gasteiger partial charge in [-0.3, -0.25) is 4.79 Å². The molecule has 1 N–H and O–H groups in total. The van der Waals surface area contributed by atoms with E-state index in [1.807, 2.05) is 43.3 Å². The summed E-state index contributed by atoms with van der Waals surface area (Å²) in [6.07, 6.45) is 0. The zero-order valence-corrected chi connectivity index (χ0v) is 18.3. The zero-order valence-electron chi connectivity index (χ0n) is 16.7. The van der Waals surface area contributed by atoms with E-state index in [9.17, 15) is 13.2 Å². The first-order valence-corrected chi connectivity index (χ1v) is 10.6. The zero-order chi connectivity index (χ0) is 21.1. The highest BCUT2D eigenvalue weighted by atomic mass is 35.5. The van der Waals surface area contributed by atoms with Crippen LogP contribution in [0.15, 0.2) is 47.4 Å². The lowest BCUT2D eigenvalue weighted by molar-refractivity contribution is 0.0941. The van der Waals surface area contributed by atoms with Gasteiger partial charge in [0.05, 0.1) is 10.9 Å². The maximum Gasteiger partial charge on any atom is 0.251 e. The maximum absolute atomic E-state index is 12.8. The average Bonchev–Trinajstić information content (AvgIpc) is 2.62. The molecule has 0 aliphatic heterocycles. The summed E-state index contributed by atoms with van der Waals surface area (Å²) in [5.41, 5.74) is 1.95. The largest absolute Gasteiger partial charge is 0.350 e. The second-order valence-electron chi connectivity index (χ2n) is 6.98. The van der Waals surface area contributed by atoms with Crippen molar-refractivity contribution in [3.8, 4) is 0 Å². The number of aryl methyl sites for hydroxylation is 1. The van der Waals surface area contributed by atoms with Gasteiger partial charge in [-0.25, -0.2) is 12.7 Å². The van der Waals surface area contributed by atoms with Crippen molar-refractivity contribution in [2.45, 2.75) is 17.9 Å². The van der Waals surface area contributed by atoms with Gasteiger partial charge >= 0.3 is 0 Å². The Morgan fingerprint density at radius 3 is 2.32 bits per heavy atom. The fourth-order valence-corrected chi connectivity index (χ4v) is 4.01. The number of nitrogens with one attached hydrogen (secondary N) is 1. The van der Waals surface area contributed by atoms with Crippen molar-refractivity contribution in [1.29, 1.82) is 0 Å². The summed E-state index contributed by atoms with van der Waals surface area (Å²) >= 11 is 6.31. The molecule has 2 aromatic carbocycles. The van der Waals surface area contributed by atoms with E-state index in [1.54, 1.807) is 13.0 Å². The lowest BCUT2D eigenvalue weighted by Crippen LogP contribution is -2.35. The van der Waals surface area contributed by atoms with E-state index < -0.39 is 10.0 Å². The van der Waals surface area contributed by atoms with Crippen molar-refractivity contribution >= 4 is 27.5 Å². The number of carbonyl (C=O) groups is 1. The van der Waals surface area contributed by atoms with Gasteiger partial charge in [0.2, 0.25) is 10.0 Å². The van der Waals surface area contributed by atoms with Gasteiger partial charge in [0.1, 0.15) is 0 Å². The fraction of sp³-hybridized carbons (Fsp3) is 0.350. The summed E-state index contributed by atoms with van der Waals surface area (Å²) in [5.74, 6) is -0.327. The van der Waals surface area contributed by atoms with Gasteiger partial charge in [0.25, 0.3) is 5.91 Å². The molecule has 28 heavy (non-hydrogen) atoms. The second-order valence-corrected chi connectivity index (χ2v) is 9.53. The molecule has 0 unspecified atom stereocenters. The maximum atomic E-state index is 12.8. The van der Waals surface area contributed by atoms with Crippen LogP contribution in [-0.2, 0) is 10.0 Å². The molecule has 0 spiro atoms. The number of nitrogens with zero attached hydrogens (tertiary/aromatic N) is 2. The van der Waals surface area contributed by atoms with Gasteiger partial charge in [-0.05, 0) is 50.3 Å². The molecule has 2 rings (SSSR count). The van der Waals surface area contributed by atoms with Crippen molar-refractivity contribution in [3.05, 3.63) is 64.2 Å². The molecular formula is C20H26ClN3O3S. The Morgan fingerprint density at radius 1 is 1.11 bits per heavy atom. The SMILES string of the molecule is Cc1ccc(S(=O)(=O)N(C)C)cc1C(=O)NC[C@@H](c1ccccc1Cl)N(C)C. The van der Waals surface area contributed by atoms with E-state index in [1.165, 1.54) is 26.2 Å². The number of sulfonamides is 1. The van der Waals surface area contributed by atoms with Gasteiger partial charge in [-0.15, -0.1) is 0 Å². The number of rotatable bonds is 7. The fourth-order valence-electron chi connectivity index (χ4n) is 2.82. The molecule has 0 aliphatic rings. The highest BCUT2D eigenvalue weighted by Gasteiger charge is 2.22. The average molecular weight is 424 g/mol. The molecule has 0 heterocycles. The van der Waals surface area contributed by atoms with Crippen molar-refractivity contribution < 1.29 is 13.2 Å². The van der Waals surface area contributed by atoms with Crippen LogP contribution in [0.5, 0.6) is 0 Å². The quantitative estimate of drug-likeness (QED) is 0.743. The Balaban J connectivity index is 2.26. The molecule has 1 amide bonds. The molecule has 0 radical (unpaired) electrons. The van der Waals surface area contributed by atoms with E-state index in [2.05, 4.69) is 5.32 Å². The number of benzene rings is 2. The van der Waals surface area contributed by atoms with E-state index in [-0.39, 0.29) is 16.8 Å². The Labute approximate surface area is 172 Å². The van der Waals surface area contributed by atoms with Crippen LogP contribution in [-0.4, -0.2) is 58.3 Å². The monoisotopic (exact) mass is 423 g/mol. The summed E-state index contributed by atoms with van der Waals surface area (Å²) in [6, 6.07) is 11.9. The van der Waals surface area contributed by atoms with Gasteiger partial charge in [0.15, 0.2) is 0 Å². The van der Waals surface area contributed by atoms with Gasteiger partial charge in [0, 0.05) is 31.2 Å². The summed E-state index contributed by atoms with van der Waals surface area (Å²) in [7, 11) is 3.13. The van der Waals surface area contributed by atoms with Crippen molar-refractivity contribution in [2.75, 3.05) is 34.7 Å². The number of likely N-dealkylation sites (N-methyl/N-ethyl adjacent to an activating group) is 1. The molecule has 8 heteroatoms. The first-order chi connectivity index (χ1) is 13.1. The Bertz CT molecular complexity index is 959. The Kier molecular flexibility index (Phi) is 7.22. The van der Waals surface area contributed by atoms with Crippen LogP contribution in [0.3, 0.4) is 0 Å². The predicted octanol–water partition coefficient (Wildman–Crippen LogP) is 2.93. The molecule has 0 aliphatic carbocycles. The normalized spacial score (nSPS) is 13.0. The summed E-state index contributed by atoms with van der Waals surface area (Å²) in [6.45, 7) is 2.11. The van der Waals surface area contributed by atoms with Crippen LogP contribution in [0.4, 0.5) is 0 Å². The highest BCUT2D eigenvalue weighted by Crippen LogP contribution is 2.25. The highest BCUT2D eigenvalue weighted by molar-refractivity contribution is 7.89. The predicted molar refractivity (Wildman–Crippen MR) is 112 cm³/mol. The lowest BCUT2D eigenvalue weighted by atomic mass is 10.0. The summed E-state index contributed by atoms with van der Waals surface area (Å²) in [5, 5.41) is 3.54. The van der Waals surface area contributed by atoms with E-state index >= 15 is 0 Å². The molecule has 0 saturated carbocycles. The van der Waals surface area contributed by atoms with Gasteiger partial charge in [-0.1, -0.05) is 35.9 Å². The molecular weight excluding hydrogens is 398 g/mol. The topological polar surface area (TPSA) is 69.7 Å². The third-order valence-electron chi connectivity index (χ3n) is 4.58. The Morgan fingerprint density at radius 2 is 1.75 bits per heavy atom. The smallest absolute Gasteiger partial charge is 0.251 e. The lowest BCUT2D eigenvalue weighted by Gasteiger charge is -2.26. The van der Waals surface area contributed by atoms with Crippen LogP contribution in [0, 0.1) is 6.92 Å². The molecule has 6 nitrogen and oxygen atoms in total. The number of halogens is 1. The standard InChI is InChI=1S/C20H26ClN3O3S/c1-14-10-11-15(28(26,27)24(4)5)12-17(14)20(25)22-13-19(23(2)3)16-8-6-7-9-18(16)21/h6-12,19H,13H2,1-5H3,(H,22,25)/t19-/m0/s1. The van der Waals surface area contributed by atoms with Crippen molar-refractivity contribution in [2.24, 2.45) is 0 Å². The molecule has 0 fully saturated rings. The number of carbonyl (C=O) groups excluding carboxylic acids is 1. The third-order valence-corrected chi connectivity index (χ3v) is 6.73. The number of hydrogen-bond donors (Lipinski definition) is 1. The van der Waals surface area contributed by atoms with Crippen molar-refractivity contribution in [1.82, 2.24) is 14.5 Å². The summed E-state index contributed by atoms with van der Waals surface area (Å²) in [4.78, 5) is 14.8. The minimum absolute atomic E-state index is 0.0866. The number of hydrogen-bond acceptors (Lipinski definition) is 4. The van der Waals surface area contributed by atoms with E-state index in [4.69, 9.17) is 11.6 Å². The molecule has 0 bridgehead atoms. The van der Waals surface area contributed by atoms with Gasteiger partial charge in [-0.2, -0.15) is 0 Å². The molecule has 0 saturated heterocycles. The first kappa shape index (κ1) is 22.4. The molecule has 2 aromatic rings.